The molecule has 0 bridgehead atoms. The summed E-state index contributed by atoms with van der Waals surface area (Å²) in [5.41, 5.74) is -5.72. The summed E-state index contributed by atoms with van der Waals surface area (Å²) < 4.78 is 257. The maximum absolute atomic E-state index is 8.93. The van der Waals surface area contributed by atoms with Crippen molar-refractivity contribution in [2.45, 2.75) is 0 Å². The minimum atomic E-state index is -0.881. The molecule has 0 fully saturated rings. The summed E-state index contributed by atoms with van der Waals surface area (Å²) in [5.74, 6) is -0.529. The fourth-order valence-electron chi connectivity index (χ4n) is 6.00. The van der Waals surface area contributed by atoms with Crippen LogP contribution in [0.25, 0.3) is 88.3 Å². The van der Waals surface area contributed by atoms with Crippen molar-refractivity contribution >= 4 is 11.4 Å². The fraction of sp³-hybridized carbons (Fsp3) is 0. The molecule has 7 heteroatoms. The summed E-state index contributed by atoms with van der Waals surface area (Å²) in [6, 6.07) is -8.60. The molecule has 0 atom stereocenters. The number of benzene rings is 8. The number of aromatic nitrogens is 4. The molecule has 0 N–H and O–H groups in total. The Kier molecular flexibility index (Phi) is 5.82. The number of imidazole rings is 2. The molecule has 10 rings (SSSR count). The summed E-state index contributed by atoms with van der Waals surface area (Å²) in [5, 5.41) is 0. The van der Waals surface area contributed by atoms with Gasteiger partial charge in [-0.15, -0.1) is 23.8 Å². The van der Waals surface area contributed by atoms with Crippen molar-refractivity contribution in [2.75, 3.05) is 0 Å². The maximum Gasteiger partial charge on any atom is 0.187 e. The number of rotatable bonds is 8. The molecule has 2 aromatic heterocycles. The number of hydrogen-bond donors (Lipinski definition) is 0. The Morgan fingerprint density at radius 1 is 0.460 bits per heavy atom. The molecular weight excluding hydrogens is 949 g/mol. The van der Waals surface area contributed by atoms with E-state index in [1.54, 1.807) is 0 Å². The van der Waals surface area contributed by atoms with Crippen LogP contribution in [0.1, 0.15) is 41.1 Å². The molecule has 0 saturated heterocycles. The van der Waals surface area contributed by atoms with Gasteiger partial charge in [0.15, 0.2) is 5.69 Å². The van der Waals surface area contributed by atoms with E-state index >= 15 is 0 Å². The molecule has 10 aromatic rings. The molecule has 0 amide bonds. The fourth-order valence-corrected chi connectivity index (χ4v) is 6.00. The molecule has 63 heavy (non-hydrogen) atoms. The Hall–Kier alpha value is -8.19. The first kappa shape index (κ1) is 18.8. The summed E-state index contributed by atoms with van der Waals surface area (Å²) in [6.45, 7) is 14.8. The van der Waals surface area contributed by atoms with E-state index < -0.39 is 238 Å². The molecule has 301 valence electrons. The zero-order valence-corrected chi connectivity index (χ0v) is 34.0. The molecule has 1 radical (unpaired) electrons. The van der Waals surface area contributed by atoms with Gasteiger partial charge in [0.2, 0.25) is 0 Å². The summed E-state index contributed by atoms with van der Waals surface area (Å²) in [7, 11) is 0. The molecule has 2 heterocycles. The second kappa shape index (κ2) is 19.5. The van der Waals surface area contributed by atoms with Crippen LogP contribution in [0.2, 0.25) is 0 Å². The molecule has 0 unspecified atom stereocenters. The summed E-state index contributed by atoms with van der Waals surface area (Å²) in [6.07, 6.45) is -2.77. The number of para-hydroxylation sites is 2. The Bertz CT molecular complexity index is 4370. The molecule has 0 spiro atoms. The Labute approximate surface area is 423 Å². The average molecular weight is 1020 g/mol. The van der Waals surface area contributed by atoms with Gasteiger partial charge in [-0.3, -0.25) is 14.4 Å². The van der Waals surface area contributed by atoms with E-state index in [1.807, 2.05) is 0 Å². The second-order valence-electron chi connectivity index (χ2n) is 12.2. The molecule has 8 aromatic carbocycles. The third-order valence-electron chi connectivity index (χ3n) is 8.60. The largest absolute Gasteiger partial charge is 0.339 e. The van der Waals surface area contributed by atoms with Crippen molar-refractivity contribution < 1.29 is 61.2 Å². The van der Waals surface area contributed by atoms with Gasteiger partial charge in [0.25, 0.3) is 0 Å². The normalized spacial score (nSPS) is 17.0. The van der Waals surface area contributed by atoms with Crippen LogP contribution in [0.3, 0.4) is 0 Å². The first-order chi connectivity index (χ1) is 43.1. The van der Waals surface area contributed by atoms with Crippen LogP contribution < -0.4 is 0 Å². The molecular formula is C56H37IrN6-. The predicted molar refractivity (Wildman–Crippen MR) is 251 cm³/mol. The van der Waals surface area contributed by atoms with E-state index in [1.165, 1.54) is 42.5 Å². The number of hydrogen-bond acceptors (Lipinski definition) is 2. The van der Waals surface area contributed by atoms with Crippen molar-refractivity contribution in [3.63, 3.8) is 0 Å². The van der Waals surface area contributed by atoms with Crippen LogP contribution in [0.4, 0.5) is 11.4 Å². The Morgan fingerprint density at radius 3 is 1.32 bits per heavy atom. The minimum Gasteiger partial charge on any atom is -0.339 e. The van der Waals surface area contributed by atoms with Gasteiger partial charge in [-0.05, 0) is 28.3 Å². The monoisotopic (exact) mass is 1020 g/mol. The van der Waals surface area contributed by atoms with Crippen molar-refractivity contribution in [2.24, 2.45) is 0 Å². The summed E-state index contributed by atoms with van der Waals surface area (Å²) >= 11 is 0. The van der Waals surface area contributed by atoms with Crippen molar-refractivity contribution in [1.82, 2.24) is 19.1 Å². The van der Waals surface area contributed by atoms with E-state index in [0.29, 0.717) is 0 Å². The minimum absolute atomic E-state index is 0. The smallest absolute Gasteiger partial charge is 0.187 e. The Morgan fingerprint density at radius 2 is 0.873 bits per heavy atom. The first-order valence-corrected chi connectivity index (χ1v) is 17.7. The summed E-state index contributed by atoms with van der Waals surface area (Å²) in [4.78, 5) is 15.0. The van der Waals surface area contributed by atoms with Gasteiger partial charge in [-0.2, -0.15) is 6.07 Å². The van der Waals surface area contributed by atoms with Gasteiger partial charge in [-0.25, -0.2) is 9.83 Å². The first-order valence-electron chi connectivity index (χ1n) is 32.7. The van der Waals surface area contributed by atoms with Gasteiger partial charge in [0, 0.05) is 72.6 Å². The Balaban J connectivity index is 0.000000236. The van der Waals surface area contributed by atoms with E-state index in [-0.39, 0.29) is 54.3 Å². The van der Waals surface area contributed by atoms with Crippen molar-refractivity contribution in [1.29, 1.82) is 0 Å². The standard InChI is InChI=1S/C28H19N3.C28H18N3.Ir/c2*1-29-24-15-8-14-23(20-24)28-30-18-19-31(28)27-25(21-10-4-2-5-11-21)16-9-17-26(27)22-12-6-3-7-13-22;/h2-20H;2-13,15-20H;/q;-1;/i2*2D,3D,4D,5D,6D,7D,9D,10D,11D,12D,13D,16D,17D,18D,19D;. The average Bonchev–Trinajstić information content (AvgIpc) is 1.68. The molecule has 0 aliphatic rings. The van der Waals surface area contributed by atoms with Gasteiger partial charge >= 0.3 is 0 Å². The van der Waals surface area contributed by atoms with Crippen LogP contribution in [0.15, 0.2) is 224 Å². The van der Waals surface area contributed by atoms with Gasteiger partial charge in [0.1, 0.15) is 11.5 Å². The number of nitrogens with zero attached hydrogens (tertiary/aromatic N) is 6. The second-order valence-corrected chi connectivity index (χ2v) is 12.2. The third kappa shape index (κ3) is 8.84. The van der Waals surface area contributed by atoms with E-state index in [9.17, 15) is 0 Å². The van der Waals surface area contributed by atoms with E-state index in [2.05, 4.69) is 25.7 Å². The SMILES string of the molecule is [2H]c1nc(-c2[c-]ccc([N+]#[C-])c2)n(-c2c(-c3c([2H])c([2H])c([2H])c([2H])c3[2H])c([2H])c([2H])c([2H])c2-c2c([2H])c([2H])c([2H])c([2H])c2[2H])c1[2H].[2H]c1nc(-c2cccc([N+]#[C-])c2)n(-c2c(-c3c([2H])c([2H])c([2H])c([2H])c3[2H])c([2H])c([2H])c([2H])c2-c2c([2H])c([2H])c([2H])c([2H])c2[2H])c1[2H].[Ir]. The van der Waals surface area contributed by atoms with Gasteiger partial charge in [0.05, 0.1) is 71.5 Å². The quantitative estimate of drug-likeness (QED) is 0.142. The van der Waals surface area contributed by atoms with Crippen LogP contribution in [-0.4, -0.2) is 19.1 Å². The molecule has 0 saturated carbocycles. The van der Waals surface area contributed by atoms with Crippen molar-refractivity contribution in [3.8, 4) is 78.7 Å². The van der Waals surface area contributed by atoms with Crippen LogP contribution in [0, 0.1) is 19.2 Å². The van der Waals surface area contributed by atoms with Gasteiger partial charge < -0.3 is 4.57 Å². The molecule has 0 aliphatic heterocycles. The van der Waals surface area contributed by atoms with Gasteiger partial charge in [-0.1, -0.05) is 175 Å². The topological polar surface area (TPSA) is 44.4 Å². The van der Waals surface area contributed by atoms with E-state index in [0.717, 1.165) is 9.13 Å². The van der Waals surface area contributed by atoms with Crippen LogP contribution in [0.5, 0.6) is 0 Å². The van der Waals surface area contributed by atoms with Crippen LogP contribution in [-0.2, 0) is 20.1 Å². The van der Waals surface area contributed by atoms with E-state index in [4.69, 9.17) is 54.3 Å². The third-order valence-corrected chi connectivity index (χ3v) is 8.60. The molecule has 0 aliphatic carbocycles. The molecule has 6 nitrogen and oxygen atoms in total. The van der Waals surface area contributed by atoms with Crippen molar-refractivity contribution in [3.05, 3.63) is 253 Å². The zero-order valence-electron chi connectivity index (χ0n) is 61.6. The maximum atomic E-state index is 8.93. The predicted octanol–water partition coefficient (Wildman–Crippen LogP) is 14.6. The zero-order chi connectivity index (χ0) is 68.2. The van der Waals surface area contributed by atoms with Crippen LogP contribution >= 0.6 is 0 Å².